The van der Waals surface area contributed by atoms with Crippen LogP contribution < -0.4 is 16.4 Å². The molecule has 4 N–H and O–H groups in total. The number of imide groups is 1. The van der Waals surface area contributed by atoms with Crippen LogP contribution in [0, 0.1) is 0 Å². The molecule has 0 aliphatic carbocycles. The van der Waals surface area contributed by atoms with Gasteiger partial charge in [-0.25, -0.2) is 4.79 Å². The molecule has 1 heterocycles. The van der Waals surface area contributed by atoms with Crippen molar-refractivity contribution in [1.29, 1.82) is 0 Å². The van der Waals surface area contributed by atoms with Gasteiger partial charge in [0.2, 0.25) is 0 Å². The van der Waals surface area contributed by atoms with E-state index in [-0.39, 0.29) is 25.0 Å². The number of hydrogen-bond acceptors (Lipinski definition) is 8. The van der Waals surface area contributed by atoms with E-state index in [0.717, 1.165) is 49.8 Å². The molecule has 214 valence electrons. The Kier molecular flexibility index (Phi) is 11.5. The molecule has 0 atom stereocenters. The van der Waals surface area contributed by atoms with Gasteiger partial charge in [-0.15, -0.1) is 0 Å². The van der Waals surface area contributed by atoms with E-state index >= 15 is 0 Å². The average Bonchev–Trinajstić information content (AvgIpc) is 2.89. The van der Waals surface area contributed by atoms with Crippen molar-refractivity contribution in [2.24, 2.45) is 5.73 Å². The van der Waals surface area contributed by atoms with Crippen LogP contribution in [0.1, 0.15) is 67.2 Å². The lowest BCUT2D eigenvalue weighted by atomic mass is 9.93. The maximum Gasteiger partial charge on any atom is 0.407 e. The van der Waals surface area contributed by atoms with Crippen LogP contribution in [0.3, 0.4) is 0 Å². The Labute approximate surface area is 230 Å². The van der Waals surface area contributed by atoms with Gasteiger partial charge in [0.15, 0.2) is 0 Å². The number of nitrogens with zero attached hydrogens (tertiary/aromatic N) is 1. The second kappa shape index (κ2) is 14.8. The number of ether oxygens (including phenoxy) is 3. The van der Waals surface area contributed by atoms with Crippen LogP contribution in [-0.4, -0.2) is 81.0 Å². The first-order valence-corrected chi connectivity index (χ1v) is 13.7. The molecule has 2 aromatic carbocycles. The topological polar surface area (TPSA) is 132 Å². The summed E-state index contributed by atoms with van der Waals surface area (Å²) >= 11 is 0. The van der Waals surface area contributed by atoms with Crippen molar-refractivity contribution >= 4 is 34.4 Å². The number of carbonyl (C=O) groups excluding carboxylic acids is 3. The quantitative estimate of drug-likeness (QED) is 0.215. The molecule has 0 aromatic heterocycles. The molecule has 0 saturated heterocycles. The molecule has 1 aliphatic rings. The van der Waals surface area contributed by atoms with E-state index < -0.39 is 11.7 Å². The van der Waals surface area contributed by atoms with Crippen molar-refractivity contribution in [3.63, 3.8) is 0 Å². The van der Waals surface area contributed by atoms with Gasteiger partial charge in [0.1, 0.15) is 5.60 Å². The van der Waals surface area contributed by atoms with Crippen molar-refractivity contribution in [3.05, 3.63) is 41.5 Å². The molecule has 10 heteroatoms. The SMILES string of the molecule is CC(C)(C)OC(=O)NCCOCCOCCN1C(=O)c2cccc3c(NCCCCCCN)ccc(c23)C1=O. The summed E-state index contributed by atoms with van der Waals surface area (Å²) in [6, 6.07) is 9.28. The lowest BCUT2D eigenvalue weighted by molar-refractivity contribution is 0.0310. The molecule has 3 amide bonds. The Morgan fingerprint density at radius 3 is 2.28 bits per heavy atom. The summed E-state index contributed by atoms with van der Waals surface area (Å²) in [4.78, 5) is 39.3. The van der Waals surface area contributed by atoms with E-state index in [1.54, 1.807) is 32.9 Å². The zero-order chi connectivity index (χ0) is 28.3. The monoisotopic (exact) mass is 542 g/mol. The van der Waals surface area contributed by atoms with Gasteiger partial charge in [0, 0.05) is 40.7 Å². The van der Waals surface area contributed by atoms with E-state index in [4.69, 9.17) is 19.9 Å². The van der Waals surface area contributed by atoms with E-state index in [1.807, 2.05) is 18.2 Å². The third-order valence-corrected chi connectivity index (χ3v) is 6.18. The molecule has 0 spiro atoms. The molecule has 0 saturated carbocycles. The maximum absolute atomic E-state index is 13.2. The highest BCUT2D eigenvalue weighted by atomic mass is 16.6. The minimum absolute atomic E-state index is 0.149. The van der Waals surface area contributed by atoms with Crippen LogP contribution in [0.25, 0.3) is 10.8 Å². The number of alkyl carbamates (subject to hydrolysis) is 1. The van der Waals surface area contributed by atoms with E-state index in [1.165, 1.54) is 4.90 Å². The van der Waals surface area contributed by atoms with Gasteiger partial charge in [0.25, 0.3) is 11.8 Å². The summed E-state index contributed by atoms with van der Waals surface area (Å²) in [5.41, 5.74) is 6.98. The molecule has 10 nitrogen and oxygen atoms in total. The summed E-state index contributed by atoms with van der Waals surface area (Å²) < 4.78 is 16.2. The summed E-state index contributed by atoms with van der Waals surface area (Å²) in [7, 11) is 0. The molecular weight excluding hydrogens is 500 g/mol. The Bertz CT molecular complexity index is 1110. The number of hydrogen-bond donors (Lipinski definition) is 3. The van der Waals surface area contributed by atoms with Crippen LogP contribution in [-0.2, 0) is 14.2 Å². The van der Waals surface area contributed by atoms with Gasteiger partial charge < -0.3 is 30.6 Å². The second-order valence-electron chi connectivity index (χ2n) is 10.4. The van der Waals surface area contributed by atoms with Crippen LogP contribution in [0.4, 0.5) is 10.5 Å². The summed E-state index contributed by atoms with van der Waals surface area (Å²) in [6.45, 7) is 8.55. The molecule has 0 unspecified atom stereocenters. The first-order valence-electron chi connectivity index (χ1n) is 13.7. The Balaban J connectivity index is 1.44. The Hall–Kier alpha value is -3.21. The van der Waals surface area contributed by atoms with E-state index in [2.05, 4.69) is 10.6 Å². The normalized spacial score (nSPS) is 13.2. The molecule has 3 rings (SSSR count). The number of benzene rings is 2. The fourth-order valence-corrected chi connectivity index (χ4v) is 4.37. The van der Waals surface area contributed by atoms with Gasteiger partial charge in [-0.2, -0.15) is 0 Å². The minimum Gasteiger partial charge on any atom is -0.444 e. The first-order chi connectivity index (χ1) is 18.7. The van der Waals surface area contributed by atoms with E-state index in [9.17, 15) is 14.4 Å². The molecule has 1 aliphatic heterocycles. The summed E-state index contributed by atoms with van der Waals surface area (Å²) in [5.74, 6) is -0.629. The van der Waals surface area contributed by atoms with Gasteiger partial charge >= 0.3 is 6.09 Å². The third-order valence-electron chi connectivity index (χ3n) is 6.18. The molecule has 39 heavy (non-hydrogen) atoms. The van der Waals surface area contributed by atoms with Crippen LogP contribution >= 0.6 is 0 Å². The summed E-state index contributed by atoms with van der Waals surface area (Å²) in [6.07, 6.45) is 3.80. The number of nitrogens with two attached hydrogens (primary N) is 1. The van der Waals surface area contributed by atoms with Crippen LogP contribution in [0.5, 0.6) is 0 Å². The zero-order valence-corrected chi connectivity index (χ0v) is 23.3. The molecule has 0 radical (unpaired) electrons. The zero-order valence-electron chi connectivity index (χ0n) is 23.3. The van der Waals surface area contributed by atoms with Crippen molar-refractivity contribution in [1.82, 2.24) is 10.2 Å². The maximum atomic E-state index is 13.2. The lowest BCUT2D eigenvalue weighted by Gasteiger charge is -2.27. The number of amides is 3. The summed E-state index contributed by atoms with van der Waals surface area (Å²) in [5, 5.41) is 7.66. The van der Waals surface area contributed by atoms with Crippen molar-refractivity contribution in [2.45, 2.75) is 52.1 Å². The number of rotatable bonds is 16. The standard InChI is InChI=1S/C29H42N4O6/c1-29(2,3)39-28(36)32-15-17-37-19-20-38-18-16-33-26(34)22-10-8-9-21-24(31-14-7-5-4-6-13-30)12-11-23(25(21)22)27(33)35/h8-12,31H,4-7,13-20,30H2,1-3H3,(H,32,36). The number of anilines is 1. The highest BCUT2D eigenvalue weighted by Crippen LogP contribution is 2.34. The fourth-order valence-electron chi connectivity index (χ4n) is 4.37. The third kappa shape index (κ3) is 8.91. The largest absolute Gasteiger partial charge is 0.444 e. The molecular formula is C29H42N4O6. The molecule has 0 fully saturated rings. The first kappa shape index (κ1) is 30.3. The predicted octanol–water partition coefficient (Wildman–Crippen LogP) is 3.92. The Morgan fingerprint density at radius 2 is 1.56 bits per heavy atom. The van der Waals surface area contributed by atoms with Gasteiger partial charge in [-0.3, -0.25) is 14.5 Å². The Morgan fingerprint density at radius 1 is 0.872 bits per heavy atom. The highest BCUT2D eigenvalue weighted by molar-refractivity contribution is 6.26. The van der Waals surface area contributed by atoms with Crippen LogP contribution in [0.2, 0.25) is 0 Å². The predicted molar refractivity (Wildman–Crippen MR) is 151 cm³/mol. The smallest absolute Gasteiger partial charge is 0.407 e. The van der Waals surface area contributed by atoms with E-state index in [0.29, 0.717) is 42.9 Å². The van der Waals surface area contributed by atoms with Crippen molar-refractivity contribution < 1.29 is 28.6 Å². The number of nitrogens with one attached hydrogen (secondary N) is 2. The molecule has 2 aromatic rings. The van der Waals surface area contributed by atoms with Crippen LogP contribution in [0.15, 0.2) is 30.3 Å². The number of carbonyl (C=O) groups is 3. The molecule has 0 bridgehead atoms. The highest BCUT2D eigenvalue weighted by Gasteiger charge is 2.33. The fraction of sp³-hybridized carbons (Fsp3) is 0.552. The van der Waals surface area contributed by atoms with Gasteiger partial charge in [-0.05, 0) is 58.4 Å². The lowest BCUT2D eigenvalue weighted by Crippen LogP contribution is -2.42. The average molecular weight is 543 g/mol. The minimum atomic E-state index is -0.547. The second-order valence-corrected chi connectivity index (χ2v) is 10.4. The van der Waals surface area contributed by atoms with Gasteiger partial charge in [-0.1, -0.05) is 25.0 Å². The van der Waals surface area contributed by atoms with Crippen molar-refractivity contribution in [3.8, 4) is 0 Å². The van der Waals surface area contributed by atoms with Crippen molar-refractivity contribution in [2.75, 3.05) is 57.9 Å². The number of unbranched alkanes of at least 4 members (excludes halogenated alkanes) is 3. The van der Waals surface area contributed by atoms with Gasteiger partial charge in [0.05, 0.1) is 33.0 Å².